The first-order chi connectivity index (χ1) is 8.73. The van der Waals surface area contributed by atoms with E-state index in [-0.39, 0.29) is 6.79 Å². The van der Waals surface area contributed by atoms with Gasteiger partial charge < -0.3 is 19.9 Å². The number of piperidine rings is 1. The molecule has 3 aliphatic rings. The van der Waals surface area contributed by atoms with Crippen LogP contribution in [-0.2, 0) is 5.60 Å². The molecule has 2 atom stereocenters. The fourth-order valence-electron chi connectivity index (χ4n) is 3.54. The van der Waals surface area contributed by atoms with Crippen molar-refractivity contribution in [2.45, 2.75) is 43.4 Å². The zero-order valence-corrected chi connectivity index (χ0v) is 10.2. The third-order valence-electron chi connectivity index (χ3n) is 4.41. The molecule has 96 valence electrons. The first-order valence-corrected chi connectivity index (χ1v) is 6.61. The van der Waals surface area contributed by atoms with Gasteiger partial charge in [-0.2, -0.15) is 0 Å². The predicted octanol–water partition coefficient (Wildman–Crippen LogP) is 1.52. The summed E-state index contributed by atoms with van der Waals surface area (Å²) in [6.45, 7) is 0.282. The number of ether oxygens (including phenoxy) is 2. The number of fused-ring (bicyclic) bond motifs is 3. The van der Waals surface area contributed by atoms with E-state index in [1.54, 1.807) is 0 Å². The maximum absolute atomic E-state index is 10.9. The molecule has 0 radical (unpaired) electrons. The van der Waals surface area contributed by atoms with Crippen LogP contribution in [0.5, 0.6) is 11.5 Å². The molecule has 2 fully saturated rings. The number of hydrogen-bond donors (Lipinski definition) is 2. The van der Waals surface area contributed by atoms with Crippen molar-refractivity contribution in [1.82, 2.24) is 5.32 Å². The highest BCUT2D eigenvalue weighted by atomic mass is 16.7. The molecule has 4 heteroatoms. The molecule has 4 rings (SSSR count). The van der Waals surface area contributed by atoms with E-state index in [2.05, 4.69) is 5.32 Å². The summed E-state index contributed by atoms with van der Waals surface area (Å²) in [6, 6.07) is 6.73. The largest absolute Gasteiger partial charge is 0.454 e. The Bertz CT molecular complexity index is 476. The molecule has 0 saturated carbocycles. The zero-order chi connectivity index (χ0) is 12.2. The molecule has 0 amide bonds. The van der Waals surface area contributed by atoms with Gasteiger partial charge in [0.25, 0.3) is 0 Å². The van der Waals surface area contributed by atoms with Crippen molar-refractivity contribution in [1.29, 1.82) is 0 Å². The van der Waals surface area contributed by atoms with Gasteiger partial charge in [0.05, 0.1) is 5.60 Å². The van der Waals surface area contributed by atoms with Gasteiger partial charge in [-0.05, 0) is 43.4 Å². The highest BCUT2D eigenvalue weighted by Crippen LogP contribution is 2.43. The van der Waals surface area contributed by atoms with E-state index < -0.39 is 5.60 Å². The number of rotatable bonds is 1. The summed E-state index contributed by atoms with van der Waals surface area (Å²) < 4.78 is 10.7. The van der Waals surface area contributed by atoms with Crippen LogP contribution in [-0.4, -0.2) is 24.0 Å². The summed E-state index contributed by atoms with van der Waals surface area (Å²) in [5, 5.41) is 14.5. The summed E-state index contributed by atoms with van der Waals surface area (Å²) in [5.41, 5.74) is 0.253. The average molecular weight is 247 g/mol. The Kier molecular flexibility index (Phi) is 2.14. The van der Waals surface area contributed by atoms with Crippen molar-refractivity contribution >= 4 is 0 Å². The van der Waals surface area contributed by atoms with Crippen LogP contribution < -0.4 is 14.8 Å². The maximum Gasteiger partial charge on any atom is 0.231 e. The van der Waals surface area contributed by atoms with E-state index in [4.69, 9.17) is 9.47 Å². The monoisotopic (exact) mass is 247 g/mol. The minimum Gasteiger partial charge on any atom is -0.454 e. The standard InChI is InChI=1S/C14H17NO3/c16-14(6-10-2-3-11(7-14)15-10)9-1-4-12-13(5-9)18-8-17-12/h1,4-5,10-11,15-16H,2-3,6-8H2. The molecule has 0 spiro atoms. The van der Waals surface area contributed by atoms with Crippen molar-refractivity contribution in [2.24, 2.45) is 0 Å². The highest BCUT2D eigenvalue weighted by molar-refractivity contribution is 5.46. The second kappa shape index (κ2) is 3.62. The first kappa shape index (κ1) is 10.6. The van der Waals surface area contributed by atoms with Crippen LogP contribution in [0.15, 0.2) is 18.2 Å². The van der Waals surface area contributed by atoms with Crippen LogP contribution in [0.2, 0.25) is 0 Å². The molecule has 3 heterocycles. The quantitative estimate of drug-likeness (QED) is 0.790. The molecular weight excluding hydrogens is 230 g/mol. The van der Waals surface area contributed by atoms with Gasteiger partial charge in [-0.15, -0.1) is 0 Å². The molecule has 2 unspecified atom stereocenters. The highest BCUT2D eigenvalue weighted by Gasteiger charge is 2.43. The molecular formula is C14H17NO3. The third-order valence-corrected chi connectivity index (χ3v) is 4.41. The fraction of sp³-hybridized carbons (Fsp3) is 0.571. The number of aliphatic hydroxyl groups is 1. The lowest BCUT2D eigenvalue weighted by Gasteiger charge is -2.37. The smallest absolute Gasteiger partial charge is 0.231 e. The van der Waals surface area contributed by atoms with Gasteiger partial charge in [-0.1, -0.05) is 6.07 Å². The molecule has 18 heavy (non-hydrogen) atoms. The van der Waals surface area contributed by atoms with E-state index in [0.29, 0.717) is 12.1 Å². The second-order valence-electron chi connectivity index (χ2n) is 5.65. The van der Waals surface area contributed by atoms with E-state index in [1.807, 2.05) is 18.2 Å². The first-order valence-electron chi connectivity index (χ1n) is 6.61. The van der Waals surface area contributed by atoms with E-state index >= 15 is 0 Å². The number of hydrogen-bond acceptors (Lipinski definition) is 4. The number of benzene rings is 1. The minimum atomic E-state index is -0.710. The summed E-state index contributed by atoms with van der Waals surface area (Å²) in [6.07, 6.45) is 3.95. The van der Waals surface area contributed by atoms with Crippen molar-refractivity contribution in [3.05, 3.63) is 23.8 Å². The lowest BCUT2D eigenvalue weighted by Crippen LogP contribution is -2.46. The third kappa shape index (κ3) is 1.52. The average Bonchev–Trinajstić information content (AvgIpc) is 2.95. The topological polar surface area (TPSA) is 50.7 Å². The zero-order valence-electron chi connectivity index (χ0n) is 10.2. The van der Waals surface area contributed by atoms with Gasteiger partial charge in [0.1, 0.15) is 0 Å². The van der Waals surface area contributed by atoms with Crippen LogP contribution in [0.1, 0.15) is 31.2 Å². The summed E-state index contributed by atoms with van der Waals surface area (Å²) >= 11 is 0. The van der Waals surface area contributed by atoms with E-state index in [9.17, 15) is 5.11 Å². The van der Waals surface area contributed by atoms with Crippen LogP contribution in [0.3, 0.4) is 0 Å². The van der Waals surface area contributed by atoms with E-state index in [1.165, 1.54) is 12.8 Å². The van der Waals surface area contributed by atoms with Gasteiger partial charge in [0.2, 0.25) is 6.79 Å². The summed E-state index contributed by atoms with van der Waals surface area (Å²) in [5.74, 6) is 1.53. The Labute approximate surface area is 106 Å². The minimum absolute atomic E-state index is 0.282. The Morgan fingerprint density at radius 2 is 1.83 bits per heavy atom. The second-order valence-corrected chi connectivity index (χ2v) is 5.65. The molecule has 2 bridgehead atoms. The Morgan fingerprint density at radius 3 is 2.61 bits per heavy atom. The lowest BCUT2D eigenvalue weighted by molar-refractivity contribution is -0.0116. The van der Waals surface area contributed by atoms with Gasteiger partial charge in [-0.25, -0.2) is 0 Å². The molecule has 1 aromatic rings. The SMILES string of the molecule is OC1(c2ccc3c(c2)OCO3)CC2CCC(C1)N2. The lowest BCUT2D eigenvalue weighted by atomic mass is 9.81. The van der Waals surface area contributed by atoms with Gasteiger partial charge >= 0.3 is 0 Å². The van der Waals surface area contributed by atoms with Crippen LogP contribution >= 0.6 is 0 Å². The van der Waals surface area contributed by atoms with E-state index in [0.717, 1.165) is 29.9 Å². The molecule has 1 aromatic carbocycles. The fourth-order valence-corrected chi connectivity index (χ4v) is 3.54. The van der Waals surface area contributed by atoms with Crippen LogP contribution in [0.25, 0.3) is 0 Å². The summed E-state index contributed by atoms with van der Waals surface area (Å²) in [7, 11) is 0. The van der Waals surface area contributed by atoms with Crippen LogP contribution in [0.4, 0.5) is 0 Å². The molecule has 3 aliphatic heterocycles. The van der Waals surface area contributed by atoms with Gasteiger partial charge in [0, 0.05) is 12.1 Å². The Morgan fingerprint density at radius 1 is 1.11 bits per heavy atom. The Hall–Kier alpha value is -1.26. The maximum atomic E-state index is 10.9. The Balaban J connectivity index is 1.69. The van der Waals surface area contributed by atoms with Crippen molar-refractivity contribution in [2.75, 3.05) is 6.79 Å². The van der Waals surface area contributed by atoms with Crippen molar-refractivity contribution < 1.29 is 14.6 Å². The normalized spacial score (nSPS) is 36.9. The van der Waals surface area contributed by atoms with Crippen LogP contribution in [0, 0.1) is 0 Å². The molecule has 2 N–H and O–H groups in total. The van der Waals surface area contributed by atoms with Crippen molar-refractivity contribution in [3.63, 3.8) is 0 Å². The van der Waals surface area contributed by atoms with Gasteiger partial charge in [0.15, 0.2) is 11.5 Å². The predicted molar refractivity (Wildman–Crippen MR) is 65.6 cm³/mol. The molecule has 0 aliphatic carbocycles. The van der Waals surface area contributed by atoms with Crippen molar-refractivity contribution in [3.8, 4) is 11.5 Å². The molecule has 0 aromatic heterocycles. The number of nitrogens with one attached hydrogen (secondary N) is 1. The molecule has 4 nitrogen and oxygen atoms in total. The summed E-state index contributed by atoms with van der Waals surface area (Å²) in [4.78, 5) is 0. The van der Waals surface area contributed by atoms with Gasteiger partial charge in [-0.3, -0.25) is 0 Å². The molecule has 2 saturated heterocycles.